The van der Waals surface area contributed by atoms with Gasteiger partial charge in [-0.25, -0.2) is 0 Å². The molecule has 0 unspecified atom stereocenters. The molecule has 0 amide bonds. The van der Waals surface area contributed by atoms with Crippen LogP contribution in [0.4, 0.5) is 0 Å². The van der Waals surface area contributed by atoms with Gasteiger partial charge in [0, 0.05) is 13.4 Å². The van der Waals surface area contributed by atoms with Gasteiger partial charge >= 0.3 is 0 Å². The van der Waals surface area contributed by atoms with Crippen LogP contribution in [0.5, 0.6) is 11.5 Å². The molecule has 0 N–H and O–H groups in total. The first-order valence-electron chi connectivity index (χ1n) is 5.07. The maximum atomic E-state index is 6.07. The maximum absolute atomic E-state index is 6.07. The predicted octanol–water partition coefficient (Wildman–Crippen LogP) is 9.58. The van der Waals surface area contributed by atoms with E-state index in [9.17, 15) is 0 Å². The van der Waals surface area contributed by atoms with E-state index in [1.807, 2.05) is 12.1 Å². The van der Waals surface area contributed by atoms with E-state index in [1.165, 1.54) is 0 Å². The van der Waals surface area contributed by atoms with Gasteiger partial charge in [0.25, 0.3) is 0 Å². The fourth-order valence-electron chi connectivity index (χ4n) is 1.39. The SMILES string of the molecule is Brc1cc(Br)c(Br)c(Oc2c(Br)c(Br)c(Br)c(Br)c2Br)c1. The zero-order chi connectivity index (χ0) is 15.9. The van der Waals surface area contributed by atoms with E-state index in [0.29, 0.717) is 11.5 Å². The van der Waals surface area contributed by atoms with Crippen molar-refractivity contribution in [1.29, 1.82) is 0 Å². The molecule has 0 fully saturated rings. The van der Waals surface area contributed by atoms with Gasteiger partial charge in [0.1, 0.15) is 5.75 Å². The first-order chi connectivity index (χ1) is 9.73. The minimum Gasteiger partial charge on any atom is -0.454 e. The summed E-state index contributed by atoms with van der Waals surface area (Å²) < 4.78 is 12.9. The second-order valence-electron chi connectivity index (χ2n) is 3.70. The van der Waals surface area contributed by atoms with Gasteiger partial charge in [0.15, 0.2) is 5.75 Å². The zero-order valence-corrected chi connectivity index (χ0v) is 22.3. The van der Waals surface area contributed by atoms with E-state index in [1.54, 1.807) is 0 Å². The summed E-state index contributed by atoms with van der Waals surface area (Å²) in [6.45, 7) is 0. The van der Waals surface area contributed by atoms with Gasteiger partial charge in [-0.1, -0.05) is 15.9 Å². The summed E-state index contributed by atoms with van der Waals surface area (Å²) in [6.07, 6.45) is 0. The quantitative estimate of drug-likeness (QED) is 0.217. The molecule has 0 aliphatic carbocycles. The molecular weight excluding hydrogens is 799 g/mol. The molecule has 21 heavy (non-hydrogen) atoms. The predicted molar refractivity (Wildman–Crippen MR) is 115 cm³/mol. The number of hydrogen-bond donors (Lipinski definition) is 0. The minimum absolute atomic E-state index is 0.655. The van der Waals surface area contributed by atoms with Crippen LogP contribution in [0.25, 0.3) is 0 Å². The monoisotopic (exact) mass is 793 g/mol. The van der Waals surface area contributed by atoms with E-state index in [2.05, 4.69) is 127 Å². The van der Waals surface area contributed by atoms with Crippen LogP contribution >= 0.6 is 127 Å². The van der Waals surface area contributed by atoms with Crippen molar-refractivity contribution in [2.24, 2.45) is 0 Å². The van der Waals surface area contributed by atoms with Gasteiger partial charge in [-0.05, 0) is 124 Å². The Morgan fingerprint density at radius 1 is 0.571 bits per heavy atom. The standard InChI is InChI=1S/C12H2Br8O/c13-3-1-4(14)6(15)5(2-3)21-12-10(19)8(17)7(16)9(18)11(12)20/h1-2H. The van der Waals surface area contributed by atoms with Crippen molar-refractivity contribution in [2.45, 2.75) is 0 Å². The number of ether oxygens (including phenoxy) is 1. The number of halogens is 8. The Labute approximate surface area is 189 Å². The van der Waals surface area contributed by atoms with E-state index in [4.69, 9.17) is 4.74 Å². The summed E-state index contributed by atoms with van der Waals surface area (Å²) in [4.78, 5) is 0. The first kappa shape index (κ1) is 19.4. The molecule has 0 aromatic heterocycles. The Morgan fingerprint density at radius 2 is 1.05 bits per heavy atom. The molecule has 1 nitrogen and oxygen atoms in total. The highest BCUT2D eigenvalue weighted by molar-refractivity contribution is 9.16. The normalized spacial score (nSPS) is 10.9. The van der Waals surface area contributed by atoms with Gasteiger partial charge in [0.05, 0.1) is 22.4 Å². The fraction of sp³-hybridized carbons (Fsp3) is 0. The second kappa shape index (κ2) is 7.97. The molecule has 0 bridgehead atoms. The third kappa shape index (κ3) is 4.19. The molecule has 2 aromatic carbocycles. The summed E-state index contributed by atoms with van der Waals surface area (Å²) >= 11 is 28.1. The molecule has 9 heteroatoms. The van der Waals surface area contributed by atoms with E-state index < -0.39 is 0 Å². The van der Waals surface area contributed by atoms with Gasteiger partial charge in [-0.15, -0.1) is 0 Å². The highest BCUT2D eigenvalue weighted by atomic mass is 79.9. The molecule has 0 aliphatic rings. The second-order valence-corrected chi connectivity index (χ2v) is 10.2. The van der Waals surface area contributed by atoms with Crippen molar-refractivity contribution in [2.75, 3.05) is 0 Å². The fourth-order valence-corrected chi connectivity index (χ4v) is 6.06. The van der Waals surface area contributed by atoms with Crippen molar-refractivity contribution in [1.82, 2.24) is 0 Å². The third-order valence-corrected chi connectivity index (χ3v) is 10.8. The topological polar surface area (TPSA) is 9.23 Å². The lowest BCUT2D eigenvalue weighted by Gasteiger charge is -2.16. The molecule has 112 valence electrons. The van der Waals surface area contributed by atoms with Crippen LogP contribution in [-0.4, -0.2) is 0 Å². The Morgan fingerprint density at radius 3 is 1.57 bits per heavy atom. The molecular formula is C12H2Br8O. The third-order valence-electron chi connectivity index (χ3n) is 2.34. The molecule has 0 spiro atoms. The van der Waals surface area contributed by atoms with Crippen molar-refractivity contribution in [3.8, 4) is 11.5 Å². The lowest BCUT2D eigenvalue weighted by molar-refractivity contribution is 0.471. The zero-order valence-electron chi connectivity index (χ0n) is 9.59. The lowest BCUT2D eigenvalue weighted by atomic mass is 10.3. The largest absolute Gasteiger partial charge is 0.454 e. The Kier molecular flexibility index (Phi) is 7.37. The smallest absolute Gasteiger partial charge is 0.158 e. The summed E-state index contributed by atoms with van der Waals surface area (Å²) in [5, 5.41) is 0. The van der Waals surface area contributed by atoms with Gasteiger partial charge in [0.2, 0.25) is 0 Å². The van der Waals surface area contributed by atoms with Crippen LogP contribution < -0.4 is 4.74 Å². The van der Waals surface area contributed by atoms with E-state index in [0.717, 1.165) is 35.8 Å². The van der Waals surface area contributed by atoms with E-state index >= 15 is 0 Å². The van der Waals surface area contributed by atoms with Crippen molar-refractivity contribution < 1.29 is 4.74 Å². The molecule has 2 aromatic rings. The summed E-state index contributed by atoms with van der Waals surface area (Å²) in [6, 6.07) is 3.83. The van der Waals surface area contributed by atoms with E-state index in [-0.39, 0.29) is 0 Å². The van der Waals surface area contributed by atoms with Crippen LogP contribution in [0.2, 0.25) is 0 Å². The Hall–Kier alpha value is 2.08. The van der Waals surface area contributed by atoms with Crippen LogP contribution in [0.3, 0.4) is 0 Å². The van der Waals surface area contributed by atoms with Crippen LogP contribution in [-0.2, 0) is 0 Å². The van der Waals surface area contributed by atoms with Crippen LogP contribution in [0.1, 0.15) is 0 Å². The van der Waals surface area contributed by atoms with Crippen molar-refractivity contribution in [3.05, 3.63) is 47.9 Å². The Bertz CT molecular complexity index is 699. The highest BCUT2D eigenvalue weighted by Gasteiger charge is 2.20. The minimum atomic E-state index is 0.655. The van der Waals surface area contributed by atoms with Gasteiger partial charge in [-0.3, -0.25) is 0 Å². The summed E-state index contributed by atoms with van der Waals surface area (Å²) in [7, 11) is 0. The van der Waals surface area contributed by atoms with Crippen molar-refractivity contribution in [3.63, 3.8) is 0 Å². The highest BCUT2D eigenvalue weighted by Crippen LogP contribution is 2.51. The first-order valence-corrected chi connectivity index (χ1v) is 11.4. The van der Waals surface area contributed by atoms with Crippen LogP contribution in [0.15, 0.2) is 47.9 Å². The van der Waals surface area contributed by atoms with Crippen molar-refractivity contribution >= 4 is 127 Å². The molecule has 0 radical (unpaired) electrons. The molecule has 0 saturated carbocycles. The van der Waals surface area contributed by atoms with Gasteiger partial charge in [-0.2, -0.15) is 0 Å². The molecule has 0 atom stereocenters. The maximum Gasteiger partial charge on any atom is 0.158 e. The molecule has 0 heterocycles. The Balaban J connectivity index is 2.60. The van der Waals surface area contributed by atoms with Gasteiger partial charge < -0.3 is 4.74 Å². The summed E-state index contributed by atoms with van der Waals surface area (Å²) in [5.74, 6) is 1.33. The number of rotatable bonds is 2. The molecule has 0 saturated heterocycles. The average molecular weight is 801 g/mol. The average Bonchev–Trinajstić information content (AvgIpc) is 2.44. The van der Waals surface area contributed by atoms with Crippen LogP contribution in [0, 0.1) is 0 Å². The molecule has 2 rings (SSSR count). The molecule has 0 aliphatic heterocycles. The number of hydrogen-bond acceptors (Lipinski definition) is 1. The lowest BCUT2D eigenvalue weighted by Crippen LogP contribution is -1.92. The number of benzene rings is 2. The summed E-state index contributed by atoms with van der Waals surface area (Å²) in [5.41, 5.74) is 0.